The van der Waals surface area contributed by atoms with E-state index in [-0.39, 0.29) is 11.5 Å². The normalized spacial score (nSPS) is 47.1. The summed E-state index contributed by atoms with van der Waals surface area (Å²) in [6.07, 6.45) is 5.13. The molecule has 2 aliphatic carbocycles. The quantitative estimate of drug-likeness (QED) is 0.657. The lowest BCUT2D eigenvalue weighted by Crippen LogP contribution is -2.35. The molecule has 0 radical (unpaired) electrons. The number of fused-ring (bicyclic) bond motifs is 2. The summed E-state index contributed by atoms with van der Waals surface area (Å²) in [5.41, 5.74) is -0.914. The maximum absolute atomic E-state index is 11.1. The molecule has 0 amide bonds. The van der Waals surface area contributed by atoms with Gasteiger partial charge in [0.2, 0.25) is 0 Å². The largest absolute Gasteiger partial charge is 0.481 e. The van der Waals surface area contributed by atoms with Crippen molar-refractivity contribution in [3.63, 3.8) is 0 Å². The molecule has 0 spiro atoms. The fourth-order valence-electron chi connectivity index (χ4n) is 2.59. The summed E-state index contributed by atoms with van der Waals surface area (Å²) in [6, 6.07) is 0. The van der Waals surface area contributed by atoms with Crippen molar-refractivity contribution in [2.75, 3.05) is 7.11 Å². The van der Waals surface area contributed by atoms with Crippen LogP contribution < -0.4 is 0 Å². The molecule has 1 fully saturated rings. The summed E-state index contributed by atoms with van der Waals surface area (Å²) in [5.74, 6) is -0.444. The van der Waals surface area contributed by atoms with E-state index in [2.05, 4.69) is 0 Å². The third-order valence-electron chi connectivity index (χ3n) is 3.57. The number of methoxy groups -OCH3 is 1. The van der Waals surface area contributed by atoms with Gasteiger partial charge >= 0.3 is 5.97 Å². The molecule has 3 unspecified atom stereocenters. The highest BCUT2D eigenvalue weighted by Gasteiger charge is 2.57. The number of rotatable bonds is 2. The zero-order valence-corrected chi connectivity index (χ0v) is 7.91. The number of aliphatic carboxylic acids is 1. The van der Waals surface area contributed by atoms with Crippen molar-refractivity contribution >= 4 is 5.97 Å². The van der Waals surface area contributed by atoms with Crippen molar-refractivity contribution in [2.45, 2.75) is 25.4 Å². The summed E-state index contributed by atoms with van der Waals surface area (Å²) in [5, 5.41) is 9.11. The van der Waals surface area contributed by atoms with Crippen LogP contribution in [0.15, 0.2) is 12.2 Å². The lowest BCUT2D eigenvalue weighted by Gasteiger charge is -2.31. The number of hydrogen-bond acceptors (Lipinski definition) is 2. The third kappa shape index (κ3) is 0.967. The number of carboxylic acids is 1. The van der Waals surface area contributed by atoms with Gasteiger partial charge in [-0.05, 0) is 19.8 Å². The minimum atomic E-state index is -0.716. The van der Waals surface area contributed by atoms with E-state index in [1.807, 2.05) is 19.1 Å². The van der Waals surface area contributed by atoms with Crippen LogP contribution in [0.4, 0.5) is 0 Å². The van der Waals surface area contributed by atoms with Gasteiger partial charge in [0.15, 0.2) is 0 Å². The molecule has 3 atom stereocenters. The summed E-state index contributed by atoms with van der Waals surface area (Å²) < 4.78 is 5.39. The van der Waals surface area contributed by atoms with E-state index in [9.17, 15) is 4.79 Å². The molecule has 0 heterocycles. The number of hydrogen-bond donors (Lipinski definition) is 1. The van der Waals surface area contributed by atoms with Crippen molar-refractivity contribution in [1.29, 1.82) is 0 Å². The highest BCUT2D eigenvalue weighted by Crippen LogP contribution is 2.55. The Kier molecular flexibility index (Phi) is 1.58. The summed E-state index contributed by atoms with van der Waals surface area (Å²) in [6.45, 7) is 1.99. The highest BCUT2D eigenvalue weighted by molar-refractivity contribution is 5.79. The van der Waals surface area contributed by atoms with Gasteiger partial charge in [-0.2, -0.15) is 0 Å². The van der Waals surface area contributed by atoms with E-state index < -0.39 is 11.4 Å². The van der Waals surface area contributed by atoms with E-state index in [4.69, 9.17) is 9.84 Å². The molecular weight excluding hydrogens is 168 g/mol. The Labute approximate surface area is 77.4 Å². The predicted octanol–water partition coefficient (Wildman–Crippen LogP) is 1.44. The zero-order chi connectivity index (χ0) is 9.69. The van der Waals surface area contributed by atoms with Crippen molar-refractivity contribution in [1.82, 2.24) is 0 Å². The Balaban J connectivity index is 2.33. The van der Waals surface area contributed by atoms with Crippen molar-refractivity contribution < 1.29 is 14.6 Å². The molecule has 3 nitrogen and oxygen atoms in total. The van der Waals surface area contributed by atoms with E-state index in [1.165, 1.54) is 0 Å². The van der Waals surface area contributed by atoms with Gasteiger partial charge in [0, 0.05) is 13.0 Å². The molecule has 0 aromatic carbocycles. The molecule has 0 aromatic heterocycles. The lowest BCUT2D eigenvalue weighted by atomic mass is 9.83. The third-order valence-corrected chi connectivity index (χ3v) is 3.57. The molecule has 3 heteroatoms. The van der Waals surface area contributed by atoms with Gasteiger partial charge in [0.1, 0.15) is 0 Å². The van der Waals surface area contributed by atoms with Crippen LogP contribution in [0.1, 0.15) is 19.8 Å². The maximum atomic E-state index is 11.1. The van der Waals surface area contributed by atoms with Crippen LogP contribution in [-0.4, -0.2) is 23.8 Å². The molecular formula is C10H14O3. The topological polar surface area (TPSA) is 46.5 Å². The first-order valence-corrected chi connectivity index (χ1v) is 4.50. The summed E-state index contributed by atoms with van der Waals surface area (Å²) in [4.78, 5) is 11.1. The molecule has 0 saturated heterocycles. The minimum Gasteiger partial charge on any atom is -0.481 e. The number of carbonyl (C=O) groups is 1. The van der Waals surface area contributed by atoms with E-state index in [0.717, 1.165) is 0 Å². The smallest absolute Gasteiger partial charge is 0.313 e. The zero-order valence-electron chi connectivity index (χ0n) is 7.91. The molecule has 1 N–H and O–H groups in total. The van der Waals surface area contributed by atoms with Crippen LogP contribution >= 0.6 is 0 Å². The van der Waals surface area contributed by atoms with Crippen LogP contribution in [-0.2, 0) is 9.53 Å². The molecule has 13 heavy (non-hydrogen) atoms. The molecule has 0 aromatic rings. The standard InChI is InChI=1S/C10H14O3/c1-9(13-2)6-10(8(11)12)4-3-7(9)5-10/h3-4,7H,5-6H2,1-2H3,(H,11,12). The van der Waals surface area contributed by atoms with E-state index in [1.54, 1.807) is 7.11 Å². The second kappa shape index (κ2) is 2.35. The average Bonchev–Trinajstić information content (AvgIpc) is 2.61. The second-order valence-electron chi connectivity index (χ2n) is 4.32. The SMILES string of the molecule is COC1(C)CC2(C(=O)O)C=CC1C2. The van der Waals surface area contributed by atoms with Gasteiger partial charge < -0.3 is 9.84 Å². The lowest BCUT2D eigenvalue weighted by molar-refractivity contribution is -0.146. The van der Waals surface area contributed by atoms with Crippen LogP contribution in [0.3, 0.4) is 0 Å². The Morgan fingerprint density at radius 3 is 2.77 bits per heavy atom. The first-order valence-electron chi connectivity index (χ1n) is 4.50. The van der Waals surface area contributed by atoms with Crippen LogP contribution in [0, 0.1) is 11.3 Å². The Hall–Kier alpha value is -0.830. The molecule has 0 aliphatic heterocycles. The van der Waals surface area contributed by atoms with Gasteiger partial charge in [-0.1, -0.05) is 12.2 Å². The second-order valence-corrected chi connectivity index (χ2v) is 4.32. The van der Waals surface area contributed by atoms with Crippen LogP contribution in [0.25, 0.3) is 0 Å². The van der Waals surface area contributed by atoms with E-state index in [0.29, 0.717) is 12.8 Å². The first-order chi connectivity index (χ1) is 6.02. The highest BCUT2D eigenvalue weighted by atomic mass is 16.5. The Morgan fingerprint density at radius 2 is 2.38 bits per heavy atom. The van der Waals surface area contributed by atoms with Gasteiger partial charge in [0.25, 0.3) is 0 Å². The Bertz CT molecular complexity index is 284. The predicted molar refractivity (Wildman–Crippen MR) is 47.3 cm³/mol. The van der Waals surface area contributed by atoms with Gasteiger partial charge in [-0.15, -0.1) is 0 Å². The fraction of sp³-hybridized carbons (Fsp3) is 0.700. The number of carboxylic acid groups (broad SMARTS) is 1. The molecule has 72 valence electrons. The monoisotopic (exact) mass is 182 g/mol. The van der Waals surface area contributed by atoms with Crippen molar-refractivity contribution in [3.05, 3.63) is 12.2 Å². The summed E-state index contributed by atoms with van der Waals surface area (Å²) in [7, 11) is 1.66. The average molecular weight is 182 g/mol. The molecule has 1 saturated carbocycles. The van der Waals surface area contributed by atoms with Crippen LogP contribution in [0.2, 0.25) is 0 Å². The molecule has 2 aliphatic rings. The van der Waals surface area contributed by atoms with Crippen molar-refractivity contribution in [3.8, 4) is 0 Å². The van der Waals surface area contributed by atoms with E-state index >= 15 is 0 Å². The Morgan fingerprint density at radius 1 is 1.69 bits per heavy atom. The van der Waals surface area contributed by atoms with Gasteiger partial charge in [-0.25, -0.2) is 0 Å². The van der Waals surface area contributed by atoms with Crippen molar-refractivity contribution in [2.24, 2.45) is 11.3 Å². The maximum Gasteiger partial charge on any atom is 0.313 e. The van der Waals surface area contributed by atoms with Gasteiger partial charge in [-0.3, -0.25) is 4.79 Å². The molecule has 2 bridgehead atoms. The summed E-state index contributed by atoms with van der Waals surface area (Å²) >= 11 is 0. The number of ether oxygens (including phenoxy) is 1. The minimum absolute atomic E-state index is 0.271. The molecule has 2 rings (SSSR count). The fourth-order valence-corrected chi connectivity index (χ4v) is 2.59. The first kappa shape index (κ1) is 8.75. The van der Waals surface area contributed by atoms with Gasteiger partial charge in [0.05, 0.1) is 11.0 Å². The van der Waals surface area contributed by atoms with Crippen LogP contribution in [0.5, 0.6) is 0 Å².